The second kappa shape index (κ2) is 62.0. The van der Waals surface area contributed by atoms with Crippen LogP contribution in [-0.2, 0) is 27.9 Å². The second-order valence-electron chi connectivity index (χ2n) is 24.3. The fourth-order valence-corrected chi connectivity index (χ4v) is 10.4. The van der Waals surface area contributed by atoms with Crippen LogP contribution in [-0.4, -0.2) is 69.4 Å². The summed E-state index contributed by atoms with van der Waals surface area (Å²) in [5.41, 5.74) is 0. The van der Waals surface area contributed by atoms with Gasteiger partial charge in [-0.05, 0) is 109 Å². The van der Waals surface area contributed by atoms with E-state index in [2.05, 4.69) is 111 Å². The number of likely N-dealkylation sites (N-methyl/N-ethyl adjacent to an activating group) is 1. The van der Waals surface area contributed by atoms with Gasteiger partial charge in [0.25, 0.3) is 7.82 Å². The molecule has 0 spiro atoms. The van der Waals surface area contributed by atoms with Crippen molar-refractivity contribution < 1.29 is 37.3 Å². The Hall–Kier alpha value is -3.07. The number of hydrogen-bond donors (Lipinski definition) is 1. The molecule has 3 atom stereocenters. The van der Waals surface area contributed by atoms with Gasteiger partial charge in [-0.3, -0.25) is 14.2 Å². The topological polar surface area (TPSA) is 114 Å². The highest BCUT2D eigenvalue weighted by molar-refractivity contribution is 7.45. The second-order valence-corrected chi connectivity index (χ2v) is 25.7. The monoisotopic (exact) mass is 1180 g/mol. The minimum atomic E-state index is -4.71. The highest BCUT2D eigenvalue weighted by Gasteiger charge is 2.27. The van der Waals surface area contributed by atoms with E-state index in [1.807, 2.05) is 33.3 Å². The largest absolute Gasteiger partial charge is 0.756 e. The molecular formula is C73H131N2O7P. The van der Waals surface area contributed by atoms with Crippen LogP contribution >= 0.6 is 7.82 Å². The molecule has 0 bridgehead atoms. The lowest BCUT2D eigenvalue weighted by Crippen LogP contribution is -2.47. The van der Waals surface area contributed by atoms with E-state index in [0.717, 1.165) is 103 Å². The van der Waals surface area contributed by atoms with Gasteiger partial charge in [0.2, 0.25) is 5.91 Å². The average Bonchev–Trinajstić information content (AvgIpc) is 3.51. The number of allylic oxidation sites excluding steroid dienone is 15. The van der Waals surface area contributed by atoms with Crippen LogP contribution in [0.5, 0.6) is 0 Å². The van der Waals surface area contributed by atoms with Crippen molar-refractivity contribution in [3.8, 4) is 0 Å². The Morgan fingerprint density at radius 3 is 1.18 bits per heavy atom. The van der Waals surface area contributed by atoms with Gasteiger partial charge in [0.05, 0.1) is 33.8 Å². The number of ether oxygens (including phenoxy) is 1. The molecule has 1 amide bonds. The van der Waals surface area contributed by atoms with Gasteiger partial charge in [0.15, 0.2) is 0 Å². The lowest BCUT2D eigenvalue weighted by molar-refractivity contribution is -0.870. The first-order valence-corrected chi connectivity index (χ1v) is 36.0. The highest BCUT2D eigenvalue weighted by atomic mass is 31.2. The number of phosphoric acid groups is 1. The molecule has 3 unspecified atom stereocenters. The molecule has 0 aliphatic carbocycles. The minimum Gasteiger partial charge on any atom is -0.756 e. The van der Waals surface area contributed by atoms with Crippen LogP contribution in [0.25, 0.3) is 0 Å². The van der Waals surface area contributed by atoms with Crippen molar-refractivity contribution in [2.75, 3.05) is 40.9 Å². The first kappa shape index (κ1) is 79.9. The Bertz CT molecular complexity index is 1740. The van der Waals surface area contributed by atoms with Crippen LogP contribution in [0.2, 0.25) is 0 Å². The fourth-order valence-electron chi connectivity index (χ4n) is 9.70. The summed E-state index contributed by atoms with van der Waals surface area (Å²) in [6, 6.07) is -0.899. The summed E-state index contributed by atoms with van der Waals surface area (Å²) in [5.74, 6) is -0.552. The Morgan fingerprint density at radius 1 is 0.434 bits per heavy atom. The maximum Gasteiger partial charge on any atom is 0.306 e. The van der Waals surface area contributed by atoms with Crippen LogP contribution in [0.3, 0.4) is 0 Å². The van der Waals surface area contributed by atoms with Crippen molar-refractivity contribution in [2.45, 2.75) is 315 Å². The molecule has 0 aromatic heterocycles. The third-order valence-electron chi connectivity index (χ3n) is 15.0. The quantitative estimate of drug-likeness (QED) is 0.0212. The van der Waals surface area contributed by atoms with Gasteiger partial charge in [0.1, 0.15) is 19.3 Å². The Morgan fingerprint density at radius 2 is 0.771 bits per heavy atom. The van der Waals surface area contributed by atoms with Crippen molar-refractivity contribution in [3.05, 3.63) is 97.2 Å². The van der Waals surface area contributed by atoms with Crippen molar-refractivity contribution in [1.29, 1.82) is 0 Å². The minimum absolute atomic E-state index is 0.0278. The summed E-state index contributed by atoms with van der Waals surface area (Å²) < 4.78 is 30.4. The zero-order valence-electron chi connectivity index (χ0n) is 54.9. The first-order chi connectivity index (χ1) is 40.4. The van der Waals surface area contributed by atoms with Gasteiger partial charge in [-0.25, -0.2) is 0 Å². The van der Waals surface area contributed by atoms with Crippen LogP contribution in [0, 0.1) is 0 Å². The molecule has 0 radical (unpaired) electrons. The number of esters is 1. The number of nitrogens with zero attached hydrogens (tertiary/aromatic N) is 1. The van der Waals surface area contributed by atoms with E-state index in [1.54, 1.807) is 0 Å². The van der Waals surface area contributed by atoms with Crippen LogP contribution < -0.4 is 10.2 Å². The summed E-state index contributed by atoms with van der Waals surface area (Å²) in [6.07, 6.45) is 83.8. The van der Waals surface area contributed by atoms with Crippen LogP contribution in [0.15, 0.2) is 97.2 Å². The van der Waals surface area contributed by atoms with Crippen molar-refractivity contribution in [3.63, 3.8) is 0 Å². The number of carbonyl (C=O) groups is 2. The molecule has 0 saturated carbocycles. The molecule has 0 aliphatic rings. The van der Waals surface area contributed by atoms with Gasteiger partial charge in [0, 0.05) is 12.8 Å². The molecule has 0 rings (SSSR count). The molecule has 0 aromatic rings. The predicted octanol–water partition coefficient (Wildman–Crippen LogP) is 21.3. The van der Waals surface area contributed by atoms with Gasteiger partial charge in [-0.2, -0.15) is 0 Å². The molecule has 480 valence electrons. The summed E-state index contributed by atoms with van der Waals surface area (Å²) >= 11 is 0. The number of phosphoric ester groups is 1. The number of carbonyl (C=O) groups excluding carboxylic acids is 2. The SMILES string of the molecule is CC/C=C\C/C=C\C/C=C\C/C=C\C/C=C\CCCCCCCCCC(=O)OC(/C=C/CCCCCCCCCCC)C(COP(=O)([O-])OCC[N+](C)(C)C)NC(=O)CCCCCCCCCCCCCCC/C=C\C/C=C\CCCCC. The van der Waals surface area contributed by atoms with Gasteiger partial charge in [-0.1, -0.05) is 279 Å². The number of hydrogen-bond acceptors (Lipinski definition) is 7. The molecule has 9 nitrogen and oxygen atoms in total. The lowest BCUT2D eigenvalue weighted by atomic mass is 10.0. The summed E-state index contributed by atoms with van der Waals surface area (Å²) in [5, 5.41) is 3.04. The van der Waals surface area contributed by atoms with E-state index >= 15 is 0 Å². The zero-order valence-corrected chi connectivity index (χ0v) is 55.8. The standard InChI is InChI=1S/C73H131N2O7P/c1-7-10-13-16-19-22-25-27-29-31-33-35-37-39-41-43-45-47-50-53-56-59-62-65-72(76)74-70(69-81-83(78,79)80-68-67-75(4,5)6)71(64-61-58-55-52-49-24-21-18-15-12-9-3)82-73(77)66-63-60-57-54-51-48-46-44-42-40-38-36-34-32-30-28-26-23-20-17-14-11-8-2/h11,14,19-20,22-23,27-30,34,36,40,42,61,64,70-71H,7-10,12-13,15-18,21,24-26,31-33,35,37-39,41,43-60,62-63,65-69H2,1-6H3,(H-,74,76,78,79)/b14-11-,22-19-,23-20-,29-27-,30-28-,36-34-,42-40-,64-61+. The molecule has 83 heavy (non-hydrogen) atoms. The maximum absolute atomic E-state index is 13.6. The van der Waals surface area contributed by atoms with E-state index < -0.39 is 26.6 Å². The molecule has 10 heteroatoms. The van der Waals surface area contributed by atoms with Gasteiger partial charge >= 0.3 is 5.97 Å². The molecule has 0 heterocycles. The summed E-state index contributed by atoms with van der Waals surface area (Å²) in [7, 11) is 1.17. The van der Waals surface area contributed by atoms with Crippen LogP contribution in [0.4, 0.5) is 0 Å². The molecule has 0 fully saturated rings. The van der Waals surface area contributed by atoms with Crippen molar-refractivity contribution in [1.82, 2.24) is 5.32 Å². The van der Waals surface area contributed by atoms with Gasteiger partial charge < -0.3 is 28.5 Å². The van der Waals surface area contributed by atoms with E-state index in [9.17, 15) is 19.0 Å². The molecule has 0 aromatic carbocycles. The molecule has 0 aliphatic heterocycles. The Kier molecular flexibility index (Phi) is 59.7. The van der Waals surface area contributed by atoms with E-state index in [-0.39, 0.29) is 24.9 Å². The van der Waals surface area contributed by atoms with Crippen molar-refractivity contribution >= 4 is 19.7 Å². The normalized spacial score (nSPS) is 14.2. The van der Waals surface area contributed by atoms with E-state index in [1.165, 1.54) is 161 Å². The number of amides is 1. The highest BCUT2D eigenvalue weighted by Crippen LogP contribution is 2.38. The molecule has 1 N–H and O–H groups in total. The third-order valence-corrected chi connectivity index (χ3v) is 16.0. The zero-order chi connectivity index (χ0) is 60.7. The van der Waals surface area contributed by atoms with Gasteiger partial charge in [-0.15, -0.1) is 0 Å². The predicted molar refractivity (Wildman–Crippen MR) is 358 cm³/mol. The first-order valence-electron chi connectivity index (χ1n) is 34.5. The van der Waals surface area contributed by atoms with Crippen LogP contribution in [0.1, 0.15) is 303 Å². The Labute approximate surface area is 513 Å². The number of unbranched alkanes of at least 4 members (excludes halogenated alkanes) is 32. The van der Waals surface area contributed by atoms with Crippen molar-refractivity contribution in [2.24, 2.45) is 0 Å². The molecule has 0 saturated heterocycles. The smallest absolute Gasteiger partial charge is 0.306 e. The van der Waals surface area contributed by atoms with E-state index in [4.69, 9.17) is 13.8 Å². The summed E-state index contributed by atoms with van der Waals surface area (Å²) in [6.45, 7) is 6.71. The number of nitrogens with one attached hydrogen (secondary N) is 1. The van der Waals surface area contributed by atoms with E-state index in [0.29, 0.717) is 23.9 Å². The number of rotatable bonds is 62. The average molecular weight is 1180 g/mol. The lowest BCUT2D eigenvalue weighted by Gasteiger charge is -2.30. The fraction of sp³-hybridized carbons (Fsp3) is 0.753. The maximum atomic E-state index is 13.6. The Balaban J connectivity index is 5.09. The summed E-state index contributed by atoms with van der Waals surface area (Å²) in [4.78, 5) is 40.1. The third kappa shape index (κ3) is 63.3. The molecular weight excluding hydrogens is 1050 g/mol. The number of quaternary nitrogens is 1.